The van der Waals surface area contributed by atoms with Crippen LogP contribution in [-0.4, -0.2) is 5.11 Å². The number of halogens is 3. The minimum atomic E-state index is -1.50. The lowest BCUT2D eigenvalue weighted by Crippen LogP contribution is -2.06. The van der Waals surface area contributed by atoms with Crippen LogP contribution in [0.1, 0.15) is 37.5 Å². The fourth-order valence-corrected chi connectivity index (χ4v) is 1.40. The number of aliphatic hydroxyl groups is 1. The second-order valence-electron chi connectivity index (χ2n) is 3.34. The lowest BCUT2D eigenvalue weighted by atomic mass is 10.0. The van der Waals surface area contributed by atoms with E-state index < -0.39 is 23.6 Å². The van der Waals surface area contributed by atoms with E-state index in [1.165, 1.54) is 6.07 Å². The highest BCUT2D eigenvalue weighted by atomic mass is 19.2. The summed E-state index contributed by atoms with van der Waals surface area (Å²) in [6.07, 6.45) is -0.581. The van der Waals surface area contributed by atoms with Crippen LogP contribution in [0.2, 0.25) is 0 Å². The smallest absolute Gasteiger partial charge is 0.195 e. The van der Waals surface area contributed by atoms with Gasteiger partial charge in [0.1, 0.15) is 0 Å². The van der Waals surface area contributed by atoms with Crippen LogP contribution in [0.4, 0.5) is 13.2 Å². The Bertz CT molecular complexity index is 363. The normalized spacial score (nSPS) is 12.9. The first-order chi connectivity index (χ1) is 7.02. The van der Waals surface area contributed by atoms with Crippen molar-refractivity contribution in [3.05, 3.63) is 34.6 Å². The molecule has 0 heterocycles. The Kier molecular flexibility index (Phi) is 3.74. The minimum absolute atomic E-state index is 0.0800. The predicted octanol–water partition coefficient (Wildman–Crippen LogP) is 3.11. The van der Waals surface area contributed by atoms with E-state index in [0.29, 0.717) is 0 Å². The van der Waals surface area contributed by atoms with Crippen LogP contribution in [0.15, 0.2) is 6.07 Å². The molecule has 1 aromatic carbocycles. The molecule has 0 aliphatic heterocycles. The largest absolute Gasteiger partial charge is 0.388 e. The molecule has 1 rings (SSSR count). The summed E-state index contributed by atoms with van der Waals surface area (Å²) in [6.45, 7) is 3.27. The average Bonchev–Trinajstić information content (AvgIpc) is 2.25. The highest BCUT2D eigenvalue weighted by Crippen LogP contribution is 2.26. The Morgan fingerprint density at radius 3 is 2.20 bits per heavy atom. The van der Waals surface area contributed by atoms with E-state index in [1.54, 1.807) is 13.8 Å². The fourth-order valence-electron chi connectivity index (χ4n) is 1.40. The lowest BCUT2D eigenvalue weighted by Gasteiger charge is -2.12. The van der Waals surface area contributed by atoms with Gasteiger partial charge in [0, 0.05) is 5.56 Å². The molecule has 0 saturated carbocycles. The molecule has 0 saturated heterocycles. The van der Waals surface area contributed by atoms with Crippen LogP contribution in [0, 0.1) is 17.5 Å². The van der Waals surface area contributed by atoms with Crippen LogP contribution in [0.25, 0.3) is 0 Å². The minimum Gasteiger partial charge on any atom is -0.388 e. The molecule has 0 aromatic heterocycles. The maximum Gasteiger partial charge on any atom is 0.195 e. The van der Waals surface area contributed by atoms with Crippen LogP contribution in [-0.2, 0) is 6.42 Å². The third kappa shape index (κ3) is 2.15. The fraction of sp³-hybridized carbons (Fsp3) is 0.455. The van der Waals surface area contributed by atoms with Crippen molar-refractivity contribution in [3.8, 4) is 0 Å². The molecule has 15 heavy (non-hydrogen) atoms. The first kappa shape index (κ1) is 12.0. The third-order valence-electron chi connectivity index (χ3n) is 2.38. The third-order valence-corrected chi connectivity index (χ3v) is 2.38. The Morgan fingerprint density at radius 2 is 1.73 bits per heavy atom. The Labute approximate surface area is 86.5 Å². The van der Waals surface area contributed by atoms with Gasteiger partial charge in [-0.05, 0) is 24.5 Å². The molecule has 0 aliphatic carbocycles. The number of aliphatic hydroxyl groups excluding tert-OH is 1. The van der Waals surface area contributed by atoms with Gasteiger partial charge in [0.05, 0.1) is 6.10 Å². The molecule has 0 aliphatic rings. The molecule has 1 aromatic rings. The maximum atomic E-state index is 13.2. The second-order valence-corrected chi connectivity index (χ2v) is 3.34. The van der Waals surface area contributed by atoms with Gasteiger partial charge >= 0.3 is 0 Å². The van der Waals surface area contributed by atoms with Gasteiger partial charge in [-0.15, -0.1) is 0 Å². The Hall–Kier alpha value is -1.03. The van der Waals surface area contributed by atoms with Crippen molar-refractivity contribution in [1.82, 2.24) is 0 Å². The first-order valence-electron chi connectivity index (χ1n) is 4.87. The van der Waals surface area contributed by atoms with E-state index in [4.69, 9.17) is 0 Å². The van der Waals surface area contributed by atoms with E-state index >= 15 is 0 Å². The zero-order chi connectivity index (χ0) is 11.6. The molecule has 4 heteroatoms. The topological polar surface area (TPSA) is 20.2 Å². The van der Waals surface area contributed by atoms with Crippen LogP contribution in [0.5, 0.6) is 0 Å². The summed E-state index contributed by atoms with van der Waals surface area (Å²) in [5.74, 6) is -3.96. The quantitative estimate of drug-likeness (QED) is 0.773. The molecular formula is C11H13F3O. The number of aryl methyl sites for hydroxylation is 1. The van der Waals surface area contributed by atoms with Crippen LogP contribution < -0.4 is 0 Å². The van der Waals surface area contributed by atoms with Gasteiger partial charge in [-0.2, -0.15) is 0 Å². The zero-order valence-corrected chi connectivity index (χ0v) is 8.65. The van der Waals surface area contributed by atoms with Crippen LogP contribution >= 0.6 is 0 Å². The van der Waals surface area contributed by atoms with Crippen molar-refractivity contribution in [2.24, 2.45) is 0 Å². The number of rotatable bonds is 3. The molecule has 0 amide bonds. The average molecular weight is 218 g/mol. The van der Waals surface area contributed by atoms with Crippen molar-refractivity contribution >= 4 is 0 Å². The van der Waals surface area contributed by atoms with Crippen molar-refractivity contribution in [1.29, 1.82) is 0 Å². The zero-order valence-electron chi connectivity index (χ0n) is 8.65. The van der Waals surface area contributed by atoms with E-state index in [0.717, 1.165) is 0 Å². The highest BCUT2D eigenvalue weighted by molar-refractivity contribution is 5.29. The molecule has 0 radical (unpaired) electrons. The molecule has 1 N–H and O–H groups in total. The Balaban J connectivity index is 3.35. The van der Waals surface area contributed by atoms with E-state index in [-0.39, 0.29) is 24.0 Å². The van der Waals surface area contributed by atoms with Gasteiger partial charge in [-0.1, -0.05) is 13.8 Å². The molecule has 0 bridgehead atoms. The van der Waals surface area contributed by atoms with Gasteiger partial charge in [0.25, 0.3) is 0 Å². The Morgan fingerprint density at radius 1 is 1.13 bits per heavy atom. The van der Waals surface area contributed by atoms with Gasteiger partial charge in [-0.3, -0.25) is 0 Å². The number of hydrogen-bond acceptors (Lipinski definition) is 1. The van der Waals surface area contributed by atoms with Crippen molar-refractivity contribution in [2.45, 2.75) is 32.8 Å². The summed E-state index contributed by atoms with van der Waals surface area (Å²) in [5, 5.41) is 9.42. The van der Waals surface area contributed by atoms with E-state index in [2.05, 4.69) is 0 Å². The SMILES string of the molecule is CCc1cc(C(O)CC)c(F)c(F)c1F. The summed E-state index contributed by atoms with van der Waals surface area (Å²) in [7, 11) is 0. The summed E-state index contributed by atoms with van der Waals surface area (Å²) in [5.41, 5.74) is -0.0929. The van der Waals surface area contributed by atoms with Crippen LogP contribution in [0.3, 0.4) is 0 Å². The summed E-state index contributed by atoms with van der Waals surface area (Å²) in [6, 6.07) is 1.18. The van der Waals surface area contributed by atoms with Gasteiger partial charge in [0.2, 0.25) is 0 Å². The van der Waals surface area contributed by atoms with E-state index in [9.17, 15) is 18.3 Å². The highest BCUT2D eigenvalue weighted by Gasteiger charge is 2.21. The van der Waals surface area contributed by atoms with Gasteiger partial charge in [-0.25, -0.2) is 13.2 Å². The molecule has 84 valence electrons. The molecule has 1 atom stereocenters. The molecule has 0 spiro atoms. The molecule has 0 fully saturated rings. The first-order valence-corrected chi connectivity index (χ1v) is 4.87. The monoisotopic (exact) mass is 218 g/mol. The predicted molar refractivity (Wildman–Crippen MR) is 50.9 cm³/mol. The molecule has 1 nitrogen and oxygen atoms in total. The molecule has 1 unspecified atom stereocenters. The second kappa shape index (κ2) is 4.66. The maximum absolute atomic E-state index is 13.2. The van der Waals surface area contributed by atoms with Crippen molar-refractivity contribution in [2.75, 3.05) is 0 Å². The van der Waals surface area contributed by atoms with Gasteiger partial charge in [0.15, 0.2) is 17.5 Å². The number of benzene rings is 1. The molecular weight excluding hydrogens is 205 g/mol. The van der Waals surface area contributed by atoms with Crippen molar-refractivity contribution < 1.29 is 18.3 Å². The standard InChI is InChI=1S/C11H13F3O/c1-3-6-5-7(8(15)4-2)10(13)11(14)9(6)12/h5,8,15H,3-4H2,1-2H3. The summed E-state index contributed by atoms with van der Waals surface area (Å²) >= 11 is 0. The van der Waals surface area contributed by atoms with Crippen molar-refractivity contribution in [3.63, 3.8) is 0 Å². The van der Waals surface area contributed by atoms with E-state index in [1.807, 2.05) is 0 Å². The summed E-state index contributed by atoms with van der Waals surface area (Å²) in [4.78, 5) is 0. The number of hydrogen-bond donors (Lipinski definition) is 1. The van der Waals surface area contributed by atoms with Gasteiger partial charge < -0.3 is 5.11 Å². The summed E-state index contributed by atoms with van der Waals surface area (Å²) < 4.78 is 39.4. The lowest BCUT2D eigenvalue weighted by molar-refractivity contribution is 0.167.